The first-order valence-corrected chi connectivity index (χ1v) is 4.00. The summed E-state index contributed by atoms with van der Waals surface area (Å²) >= 11 is 0. The number of hydrogen-bond acceptors (Lipinski definition) is 3. The number of anilines is 1. The van der Waals surface area contributed by atoms with Gasteiger partial charge >= 0.3 is 5.97 Å². The first kappa shape index (κ1) is 10.7. The first-order chi connectivity index (χ1) is 7.15. The van der Waals surface area contributed by atoms with Gasteiger partial charge in [-0.15, -0.1) is 0 Å². The molecule has 0 saturated carbocycles. The fraction of sp³-hybridized carbons (Fsp3) is 0. The molecule has 0 radical (unpaired) electrons. The van der Waals surface area contributed by atoms with Gasteiger partial charge in [-0.3, -0.25) is 0 Å². The van der Waals surface area contributed by atoms with Crippen LogP contribution in [0.25, 0.3) is 0 Å². The van der Waals surface area contributed by atoms with Crippen LogP contribution in [0.5, 0.6) is 0 Å². The SMILES string of the molecule is N#Cc1c(F)cccc1N/C=C/C(=O)O. The second kappa shape index (κ2) is 4.77. The van der Waals surface area contributed by atoms with Gasteiger partial charge in [0.2, 0.25) is 0 Å². The summed E-state index contributed by atoms with van der Waals surface area (Å²) in [5.41, 5.74) is 0.0857. The van der Waals surface area contributed by atoms with Gasteiger partial charge in [0, 0.05) is 12.3 Å². The van der Waals surface area contributed by atoms with Crippen LogP contribution in [0.3, 0.4) is 0 Å². The molecule has 0 fully saturated rings. The zero-order valence-electron chi connectivity index (χ0n) is 7.57. The Labute approximate surface area is 85.3 Å². The standard InChI is InChI=1S/C10H7FN2O2/c11-8-2-1-3-9(7(8)6-12)13-5-4-10(14)15/h1-5,13H,(H,14,15)/b5-4+. The largest absolute Gasteiger partial charge is 0.478 e. The number of nitrogens with zero attached hydrogens (tertiary/aromatic N) is 1. The van der Waals surface area contributed by atoms with Crippen LogP contribution in [0.1, 0.15) is 5.56 Å². The average Bonchev–Trinajstić information content (AvgIpc) is 2.17. The highest BCUT2D eigenvalue weighted by Crippen LogP contribution is 2.17. The lowest BCUT2D eigenvalue weighted by atomic mass is 10.2. The number of carboxylic acid groups (broad SMARTS) is 1. The minimum atomic E-state index is -1.13. The highest BCUT2D eigenvalue weighted by molar-refractivity contribution is 5.80. The lowest BCUT2D eigenvalue weighted by Gasteiger charge is -2.02. The Morgan fingerprint density at radius 1 is 1.60 bits per heavy atom. The zero-order chi connectivity index (χ0) is 11.3. The molecule has 0 aromatic heterocycles. The molecule has 1 aromatic rings. The smallest absolute Gasteiger partial charge is 0.329 e. The summed E-state index contributed by atoms with van der Waals surface area (Å²) in [5.74, 6) is -1.77. The Bertz CT molecular complexity index is 449. The van der Waals surface area contributed by atoms with E-state index in [-0.39, 0.29) is 11.3 Å². The van der Waals surface area contributed by atoms with Crippen LogP contribution in [-0.4, -0.2) is 11.1 Å². The molecule has 1 aromatic carbocycles. The lowest BCUT2D eigenvalue weighted by Crippen LogP contribution is -1.96. The summed E-state index contributed by atoms with van der Waals surface area (Å²) in [7, 11) is 0. The second-order valence-corrected chi connectivity index (χ2v) is 2.59. The van der Waals surface area contributed by atoms with E-state index < -0.39 is 11.8 Å². The third-order valence-corrected chi connectivity index (χ3v) is 1.59. The van der Waals surface area contributed by atoms with E-state index in [1.54, 1.807) is 6.07 Å². The molecule has 0 aliphatic carbocycles. The van der Waals surface area contributed by atoms with Crippen molar-refractivity contribution in [2.24, 2.45) is 0 Å². The van der Waals surface area contributed by atoms with Crippen molar-refractivity contribution >= 4 is 11.7 Å². The summed E-state index contributed by atoms with van der Waals surface area (Å²) in [6.45, 7) is 0. The fourth-order valence-electron chi connectivity index (χ4n) is 0.961. The van der Waals surface area contributed by atoms with Crippen molar-refractivity contribution in [1.29, 1.82) is 5.26 Å². The van der Waals surface area contributed by atoms with E-state index in [0.29, 0.717) is 0 Å². The molecule has 0 bridgehead atoms. The molecule has 76 valence electrons. The van der Waals surface area contributed by atoms with Gasteiger partial charge in [-0.05, 0) is 12.1 Å². The normalized spacial score (nSPS) is 9.87. The molecule has 4 nitrogen and oxygen atoms in total. The van der Waals surface area contributed by atoms with E-state index in [2.05, 4.69) is 5.32 Å². The minimum Gasteiger partial charge on any atom is -0.478 e. The van der Waals surface area contributed by atoms with Crippen molar-refractivity contribution in [2.45, 2.75) is 0 Å². The Morgan fingerprint density at radius 2 is 2.33 bits per heavy atom. The zero-order valence-corrected chi connectivity index (χ0v) is 7.57. The maximum absolute atomic E-state index is 13.0. The molecule has 0 atom stereocenters. The molecular formula is C10H7FN2O2. The predicted octanol–water partition coefficient (Wildman–Crippen LogP) is 1.71. The Balaban J connectivity index is 2.91. The highest BCUT2D eigenvalue weighted by atomic mass is 19.1. The third-order valence-electron chi connectivity index (χ3n) is 1.59. The molecular weight excluding hydrogens is 199 g/mol. The van der Waals surface area contributed by atoms with Crippen LogP contribution >= 0.6 is 0 Å². The Morgan fingerprint density at radius 3 is 2.93 bits per heavy atom. The lowest BCUT2D eigenvalue weighted by molar-refractivity contribution is -0.131. The molecule has 0 spiro atoms. The molecule has 0 saturated heterocycles. The summed E-state index contributed by atoms with van der Waals surface area (Å²) < 4.78 is 13.0. The number of hydrogen-bond donors (Lipinski definition) is 2. The fourth-order valence-corrected chi connectivity index (χ4v) is 0.961. The van der Waals surface area contributed by atoms with E-state index in [1.165, 1.54) is 12.1 Å². The van der Waals surface area contributed by atoms with Crippen molar-refractivity contribution in [3.05, 3.63) is 41.9 Å². The molecule has 0 unspecified atom stereocenters. The quantitative estimate of drug-likeness (QED) is 0.738. The van der Waals surface area contributed by atoms with Gasteiger partial charge in [0.25, 0.3) is 0 Å². The van der Waals surface area contributed by atoms with E-state index in [9.17, 15) is 9.18 Å². The molecule has 0 aliphatic heterocycles. The van der Waals surface area contributed by atoms with Crippen molar-refractivity contribution in [2.75, 3.05) is 5.32 Å². The van der Waals surface area contributed by atoms with E-state index >= 15 is 0 Å². The molecule has 0 heterocycles. The number of carboxylic acids is 1. The van der Waals surface area contributed by atoms with Crippen molar-refractivity contribution in [3.8, 4) is 6.07 Å². The van der Waals surface area contributed by atoms with Crippen molar-refractivity contribution in [3.63, 3.8) is 0 Å². The molecule has 2 N–H and O–H groups in total. The maximum atomic E-state index is 13.0. The van der Waals surface area contributed by atoms with E-state index in [4.69, 9.17) is 10.4 Å². The van der Waals surface area contributed by atoms with Crippen molar-refractivity contribution in [1.82, 2.24) is 0 Å². The summed E-state index contributed by atoms with van der Waals surface area (Å²) in [5, 5.41) is 19.5. The highest BCUT2D eigenvalue weighted by Gasteiger charge is 2.05. The molecule has 1 rings (SSSR count). The second-order valence-electron chi connectivity index (χ2n) is 2.59. The minimum absolute atomic E-state index is 0.146. The van der Waals surface area contributed by atoms with Gasteiger partial charge in [-0.25, -0.2) is 9.18 Å². The topological polar surface area (TPSA) is 73.1 Å². The van der Waals surface area contributed by atoms with Crippen LogP contribution in [0.4, 0.5) is 10.1 Å². The van der Waals surface area contributed by atoms with Gasteiger partial charge in [0.1, 0.15) is 17.4 Å². The van der Waals surface area contributed by atoms with E-state index in [0.717, 1.165) is 18.3 Å². The number of benzene rings is 1. The number of halogens is 1. The van der Waals surface area contributed by atoms with Crippen molar-refractivity contribution < 1.29 is 14.3 Å². The monoisotopic (exact) mass is 206 g/mol. The van der Waals surface area contributed by atoms with Crippen LogP contribution in [0.2, 0.25) is 0 Å². The number of nitrogens with one attached hydrogen (secondary N) is 1. The Hall–Kier alpha value is -2.35. The maximum Gasteiger partial charge on any atom is 0.329 e. The number of aliphatic carboxylic acids is 1. The van der Waals surface area contributed by atoms with Crippen LogP contribution in [0, 0.1) is 17.1 Å². The Kier molecular flexibility index (Phi) is 3.41. The van der Waals surface area contributed by atoms with Crippen LogP contribution in [-0.2, 0) is 4.79 Å². The molecule has 0 aliphatic rings. The number of nitriles is 1. The van der Waals surface area contributed by atoms with Gasteiger partial charge in [-0.2, -0.15) is 5.26 Å². The van der Waals surface area contributed by atoms with Gasteiger partial charge in [0.15, 0.2) is 0 Å². The average molecular weight is 206 g/mol. The molecule has 0 amide bonds. The van der Waals surface area contributed by atoms with Crippen LogP contribution in [0.15, 0.2) is 30.5 Å². The van der Waals surface area contributed by atoms with Gasteiger partial charge in [0.05, 0.1) is 5.69 Å². The van der Waals surface area contributed by atoms with E-state index in [1.807, 2.05) is 0 Å². The summed E-state index contributed by atoms with van der Waals surface area (Å²) in [6, 6.07) is 5.74. The van der Waals surface area contributed by atoms with Gasteiger partial charge < -0.3 is 10.4 Å². The summed E-state index contributed by atoms with van der Waals surface area (Å²) in [6.07, 6.45) is 1.98. The predicted molar refractivity (Wildman–Crippen MR) is 51.5 cm³/mol. The van der Waals surface area contributed by atoms with Crippen LogP contribution < -0.4 is 5.32 Å². The first-order valence-electron chi connectivity index (χ1n) is 4.00. The number of rotatable bonds is 3. The summed E-state index contributed by atoms with van der Waals surface area (Å²) in [4.78, 5) is 10.1. The molecule has 5 heteroatoms. The third kappa shape index (κ3) is 2.81. The van der Waals surface area contributed by atoms with Gasteiger partial charge in [-0.1, -0.05) is 6.07 Å². The number of carbonyl (C=O) groups is 1. The molecule has 15 heavy (non-hydrogen) atoms.